The smallest absolute Gasteiger partial charge is 0.387 e. The number of nitrogens with zero attached hydrogens (tertiary/aromatic N) is 2. The molecule has 2 aromatic rings. The number of carbonyl (C=O) groups excluding carboxylic acids is 1. The Kier molecular flexibility index (Phi) is 4.64. The molecule has 3 heterocycles. The number of likely N-dealkylation sites (tertiary alicyclic amines) is 1. The van der Waals surface area contributed by atoms with E-state index in [4.69, 9.17) is 0 Å². The highest BCUT2D eigenvalue weighted by Crippen LogP contribution is 2.39. The average molecular weight is 392 g/mol. The van der Waals surface area contributed by atoms with Gasteiger partial charge in [0.2, 0.25) is 5.91 Å². The summed E-state index contributed by atoms with van der Waals surface area (Å²) in [5.74, 6) is -1.34. The molecule has 0 N–H and O–H groups in total. The number of hydrogen-bond acceptors (Lipinski definition) is 3. The molecule has 1 saturated heterocycles. The van der Waals surface area contributed by atoms with Crippen LogP contribution in [-0.2, 0) is 11.3 Å². The Morgan fingerprint density at radius 2 is 2.00 bits per heavy atom. The summed E-state index contributed by atoms with van der Waals surface area (Å²) in [5.41, 5.74) is 0.884. The van der Waals surface area contributed by atoms with Crippen LogP contribution in [0.25, 0.3) is 11.1 Å². The number of fused-ring (bicyclic) bond motifs is 4. The van der Waals surface area contributed by atoms with E-state index < -0.39 is 18.2 Å². The minimum absolute atomic E-state index is 0.0144. The van der Waals surface area contributed by atoms with Gasteiger partial charge in [-0.3, -0.25) is 9.59 Å². The van der Waals surface area contributed by atoms with Gasteiger partial charge in [0.05, 0.1) is 0 Å². The number of pyridine rings is 1. The molecule has 2 bridgehead atoms. The van der Waals surface area contributed by atoms with Crippen LogP contribution in [0, 0.1) is 11.7 Å². The van der Waals surface area contributed by atoms with Gasteiger partial charge in [0.25, 0.3) is 5.56 Å². The third-order valence-corrected chi connectivity index (χ3v) is 5.49. The van der Waals surface area contributed by atoms with E-state index in [1.165, 1.54) is 25.1 Å². The molecule has 28 heavy (non-hydrogen) atoms. The summed E-state index contributed by atoms with van der Waals surface area (Å²) in [5, 5.41) is 0. The summed E-state index contributed by atoms with van der Waals surface area (Å²) in [6.07, 6.45) is 0.843. The fourth-order valence-corrected chi connectivity index (χ4v) is 4.32. The number of carbonyl (C=O) groups is 1. The highest BCUT2D eigenvalue weighted by atomic mass is 19.3. The molecule has 2 aliphatic rings. The third-order valence-electron chi connectivity index (χ3n) is 5.49. The Morgan fingerprint density at radius 3 is 2.71 bits per heavy atom. The predicted molar refractivity (Wildman–Crippen MR) is 95.8 cm³/mol. The molecule has 4 rings (SSSR count). The van der Waals surface area contributed by atoms with Crippen molar-refractivity contribution in [3.05, 3.63) is 52.2 Å². The fourth-order valence-electron chi connectivity index (χ4n) is 4.32. The molecular formula is C20H19F3N2O3. The normalized spacial score (nSPS) is 20.8. The number of para-hydroxylation sites is 1. The number of alkyl halides is 2. The molecule has 1 aromatic heterocycles. The van der Waals surface area contributed by atoms with Gasteiger partial charge in [-0.05, 0) is 30.0 Å². The number of rotatable bonds is 3. The van der Waals surface area contributed by atoms with Gasteiger partial charge in [-0.25, -0.2) is 4.39 Å². The van der Waals surface area contributed by atoms with Gasteiger partial charge >= 0.3 is 6.61 Å². The molecule has 1 aromatic carbocycles. The van der Waals surface area contributed by atoms with Crippen molar-refractivity contribution in [3.8, 4) is 16.9 Å². The molecule has 8 heteroatoms. The van der Waals surface area contributed by atoms with E-state index in [1.54, 1.807) is 15.5 Å². The van der Waals surface area contributed by atoms with Crippen molar-refractivity contribution in [1.29, 1.82) is 0 Å². The first-order valence-electron chi connectivity index (χ1n) is 9.07. The fraction of sp³-hybridized carbons (Fsp3) is 0.400. The summed E-state index contributed by atoms with van der Waals surface area (Å²) in [4.78, 5) is 26.3. The second-order valence-electron chi connectivity index (χ2n) is 7.34. The minimum atomic E-state index is -3.18. The molecule has 1 amide bonds. The zero-order valence-electron chi connectivity index (χ0n) is 15.2. The highest BCUT2D eigenvalue weighted by Gasteiger charge is 2.36. The van der Waals surface area contributed by atoms with Gasteiger partial charge in [-0.1, -0.05) is 12.1 Å². The van der Waals surface area contributed by atoms with Crippen LogP contribution in [0.1, 0.15) is 25.0 Å². The van der Waals surface area contributed by atoms with Crippen LogP contribution in [0.15, 0.2) is 35.1 Å². The van der Waals surface area contributed by atoms with Gasteiger partial charge in [0.15, 0.2) is 11.6 Å². The zero-order valence-corrected chi connectivity index (χ0v) is 15.2. The Morgan fingerprint density at radius 1 is 1.21 bits per heavy atom. The molecule has 0 spiro atoms. The average Bonchev–Trinajstić information content (AvgIpc) is 2.63. The quantitative estimate of drug-likeness (QED) is 0.806. The van der Waals surface area contributed by atoms with E-state index in [1.807, 2.05) is 0 Å². The molecule has 0 aliphatic carbocycles. The number of ether oxygens (including phenoxy) is 1. The number of amides is 1. The third kappa shape index (κ3) is 3.27. The first-order valence-corrected chi connectivity index (χ1v) is 9.07. The highest BCUT2D eigenvalue weighted by molar-refractivity contribution is 5.74. The number of hydrogen-bond donors (Lipinski definition) is 0. The van der Waals surface area contributed by atoms with Crippen LogP contribution in [0.4, 0.5) is 13.2 Å². The van der Waals surface area contributed by atoms with Crippen molar-refractivity contribution in [2.75, 3.05) is 13.1 Å². The van der Waals surface area contributed by atoms with E-state index in [9.17, 15) is 22.8 Å². The Balaban J connectivity index is 1.80. The number of aromatic nitrogens is 1. The van der Waals surface area contributed by atoms with Crippen LogP contribution in [0.3, 0.4) is 0 Å². The van der Waals surface area contributed by atoms with Gasteiger partial charge in [0.1, 0.15) is 0 Å². The molecule has 0 unspecified atom stereocenters. The number of piperidine rings is 1. The maximum absolute atomic E-state index is 14.1. The molecule has 0 saturated carbocycles. The first kappa shape index (κ1) is 18.6. The van der Waals surface area contributed by atoms with Crippen LogP contribution in [0.2, 0.25) is 0 Å². The van der Waals surface area contributed by atoms with E-state index >= 15 is 0 Å². The Hall–Kier alpha value is -2.77. The lowest BCUT2D eigenvalue weighted by Gasteiger charge is -2.42. The van der Waals surface area contributed by atoms with Crippen molar-refractivity contribution < 1.29 is 22.7 Å². The summed E-state index contributed by atoms with van der Waals surface area (Å²) in [7, 11) is 0. The second kappa shape index (κ2) is 7.00. The summed E-state index contributed by atoms with van der Waals surface area (Å²) >= 11 is 0. The lowest BCUT2D eigenvalue weighted by Crippen LogP contribution is -2.48. The SMILES string of the molecule is CC(=O)N1C[C@@H]2C[C@H](C1)c1cc(-c3cccc(F)c3OC(F)F)cc(=O)n1C2. The van der Waals surface area contributed by atoms with Gasteiger partial charge < -0.3 is 14.2 Å². The largest absolute Gasteiger partial charge is 0.431 e. The second-order valence-corrected chi connectivity index (χ2v) is 7.34. The Bertz CT molecular complexity index is 989. The molecule has 5 nitrogen and oxygen atoms in total. The number of halogens is 3. The maximum atomic E-state index is 14.1. The van der Waals surface area contributed by atoms with Gasteiger partial charge in [0, 0.05) is 49.8 Å². The Labute approximate surface area is 159 Å². The molecule has 148 valence electrons. The van der Waals surface area contributed by atoms with Crippen molar-refractivity contribution in [2.45, 2.75) is 32.4 Å². The first-order chi connectivity index (χ1) is 13.3. The molecular weight excluding hydrogens is 373 g/mol. The van der Waals surface area contributed by atoms with Crippen molar-refractivity contribution in [2.24, 2.45) is 5.92 Å². The lowest BCUT2D eigenvalue weighted by atomic mass is 9.82. The minimum Gasteiger partial charge on any atom is -0.431 e. The van der Waals surface area contributed by atoms with Crippen molar-refractivity contribution in [1.82, 2.24) is 9.47 Å². The maximum Gasteiger partial charge on any atom is 0.387 e. The lowest BCUT2D eigenvalue weighted by molar-refractivity contribution is -0.131. The number of benzene rings is 1. The van der Waals surface area contributed by atoms with Crippen molar-refractivity contribution >= 4 is 5.91 Å². The summed E-state index contributed by atoms with van der Waals surface area (Å²) in [6.45, 7) is -0.0463. The standard InChI is InChI=1S/C20H19F3N2O3/c1-11(26)24-8-12-5-14(10-24)17-6-13(7-18(27)25(17)9-12)15-3-2-4-16(21)19(15)28-20(22)23/h2-4,6-7,12,14,20H,5,8-10H2,1H3/t12-,14+/m0/s1. The van der Waals surface area contributed by atoms with Gasteiger partial charge in [-0.15, -0.1) is 0 Å². The summed E-state index contributed by atoms with van der Waals surface area (Å²) < 4.78 is 45.6. The van der Waals surface area contributed by atoms with Crippen LogP contribution in [0.5, 0.6) is 5.75 Å². The zero-order chi connectivity index (χ0) is 20.0. The molecule has 2 aliphatic heterocycles. The topological polar surface area (TPSA) is 51.5 Å². The predicted octanol–water partition coefficient (Wildman–Crippen LogP) is 3.22. The molecule has 2 atom stereocenters. The van der Waals surface area contributed by atoms with Crippen LogP contribution < -0.4 is 10.3 Å². The van der Waals surface area contributed by atoms with Crippen LogP contribution in [-0.4, -0.2) is 35.1 Å². The molecule has 0 radical (unpaired) electrons. The van der Waals surface area contributed by atoms with E-state index in [-0.39, 0.29) is 28.9 Å². The van der Waals surface area contributed by atoms with Crippen molar-refractivity contribution in [3.63, 3.8) is 0 Å². The molecule has 1 fully saturated rings. The van der Waals surface area contributed by atoms with Gasteiger partial charge in [-0.2, -0.15) is 8.78 Å². The van der Waals surface area contributed by atoms with E-state index in [0.29, 0.717) is 25.2 Å². The monoisotopic (exact) mass is 392 g/mol. The van der Waals surface area contributed by atoms with Crippen LogP contribution >= 0.6 is 0 Å². The van der Waals surface area contributed by atoms with E-state index in [0.717, 1.165) is 18.2 Å². The van der Waals surface area contributed by atoms with E-state index in [2.05, 4.69) is 4.74 Å². The summed E-state index contributed by atoms with van der Waals surface area (Å²) in [6, 6.07) is 6.90.